The first kappa shape index (κ1) is 77.0. The number of hydrogen-bond donors (Lipinski definition) is 0. The first-order chi connectivity index (χ1) is 38.1. The molecule has 0 aliphatic rings. The van der Waals surface area contributed by atoms with Gasteiger partial charge in [0.05, 0.1) is 29.0 Å². The summed E-state index contributed by atoms with van der Waals surface area (Å²) < 4.78 is 55.5. The molecule has 4 nitrogen and oxygen atoms in total. The van der Waals surface area contributed by atoms with Crippen LogP contribution >= 0.6 is 23.2 Å². The standard InChI is InChI=1S/C11H13F3.C11H13NO.C11H16.C10H13Cl.C10H13F.C10H15N.C9H12ClN.CH4/c1-7(2)9-5-4-8(3)10(6-9)11(12,13)14;1-8(2)9-4-5-10(7-12)11(6-9)13-3;1-8(2)11-6-5-9(3)10(4)7-11;2*1-7(2)9-5-4-8(3)10(11)6-9;1-7(2)10-5-8(3)9(4)11-6-10;1-6(2)8-4-9(10)7(3)11-5-8;/h4-7H,1-3H3;4-6,8H,1-3H3;5-8H,1-4H3;2*4-7H,1-3H3;5-7H,1-4H3;4-6H,1-3H3;1H4. The minimum absolute atomic E-state index is 0. The highest BCUT2D eigenvalue weighted by molar-refractivity contribution is 6.31. The third-order valence-corrected chi connectivity index (χ3v) is 14.7. The molecule has 0 atom stereocenters. The quantitative estimate of drug-likeness (QED) is 0.142. The normalized spacial score (nSPS) is 10.6. The molecule has 454 valence electrons. The molecule has 0 N–H and O–H groups in total. The molecule has 7 aromatic rings. The van der Waals surface area contributed by atoms with E-state index in [9.17, 15) is 17.6 Å². The summed E-state index contributed by atoms with van der Waals surface area (Å²) in [7, 11) is 1.58. The van der Waals surface area contributed by atoms with Gasteiger partial charge in [0.25, 0.3) is 0 Å². The minimum atomic E-state index is -4.24. The predicted octanol–water partition coefficient (Wildman–Crippen LogP) is 23.9. The summed E-state index contributed by atoms with van der Waals surface area (Å²) >= 11 is 11.9. The Morgan fingerprint density at radius 2 is 0.783 bits per heavy atom. The van der Waals surface area contributed by atoms with E-state index in [0.717, 1.165) is 43.7 Å². The molecule has 0 spiro atoms. The van der Waals surface area contributed by atoms with E-state index in [1.54, 1.807) is 32.2 Å². The molecule has 7 rings (SSSR count). The number of nitrogens with zero attached hydrogens (tertiary/aromatic N) is 3. The van der Waals surface area contributed by atoms with Crippen LogP contribution in [-0.2, 0) is 6.18 Å². The van der Waals surface area contributed by atoms with Gasteiger partial charge >= 0.3 is 6.18 Å². The number of alkyl halides is 3. The maximum absolute atomic E-state index is 12.9. The molecule has 2 heterocycles. The van der Waals surface area contributed by atoms with Gasteiger partial charge in [0.15, 0.2) is 0 Å². The molecule has 0 amide bonds. The summed E-state index contributed by atoms with van der Waals surface area (Å²) in [5.41, 5.74) is 16.6. The minimum Gasteiger partial charge on any atom is -0.495 e. The molecule has 10 heteroatoms. The molecule has 0 aliphatic heterocycles. The van der Waals surface area contributed by atoms with Crippen molar-refractivity contribution in [2.75, 3.05) is 7.11 Å². The van der Waals surface area contributed by atoms with Gasteiger partial charge in [0.2, 0.25) is 0 Å². The van der Waals surface area contributed by atoms with Crippen LogP contribution < -0.4 is 4.74 Å². The van der Waals surface area contributed by atoms with E-state index < -0.39 is 11.7 Å². The fourth-order valence-corrected chi connectivity index (χ4v) is 7.70. The number of benzene rings is 5. The SMILES string of the molecule is C.COc1cc(C(C)C)ccc1C#N.Cc1cc(C(C)C)cnc1C.Cc1ccc(C(C)C)cc1C.Cc1ccc(C(C)C)cc1C(F)(F)F.Cc1ccc(C(C)C)cc1Cl.Cc1ccc(C(C)C)cc1F.Cc1ncc(C(C)C)cc1Cl. The third kappa shape index (κ3) is 27.5. The van der Waals surface area contributed by atoms with Crippen LogP contribution in [0.15, 0.2) is 116 Å². The molecular formula is C73H99Cl2F4N3O. The van der Waals surface area contributed by atoms with Crippen molar-refractivity contribution in [1.29, 1.82) is 5.26 Å². The number of aryl methyl sites for hydroxylation is 8. The first-order valence-corrected chi connectivity index (χ1v) is 29.2. The predicted molar refractivity (Wildman–Crippen MR) is 350 cm³/mol. The molecule has 2 aromatic heterocycles. The average molecular weight is 1180 g/mol. The van der Waals surface area contributed by atoms with Gasteiger partial charge in [-0.15, -0.1) is 0 Å². The zero-order valence-corrected chi connectivity index (χ0v) is 55.0. The molecular weight excluding hydrogens is 1080 g/mol. The Morgan fingerprint density at radius 3 is 1.18 bits per heavy atom. The fourth-order valence-electron chi connectivity index (χ4n) is 7.34. The van der Waals surface area contributed by atoms with Crippen molar-refractivity contribution in [2.24, 2.45) is 0 Å². The van der Waals surface area contributed by atoms with Crippen molar-refractivity contribution in [3.05, 3.63) is 226 Å². The number of halogens is 6. The molecule has 0 unspecified atom stereocenters. The van der Waals surface area contributed by atoms with Crippen LogP contribution in [0.3, 0.4) is 0 Å². The number of nitriles is 1. The number of hydrogen-bond acceptors (Lipinski definition) is 4. The molecule has 83 heavy (non-hydrogen) atoms. The van der Waals surface area contributed by atoms with Crippen LogP contribution in [0.2, 0.25) is 10.0 Å². The van der Waals surface area contributed by atoms with Gasteiger partial charge in [-0.25, -0.2) is 4.39 Å². The summed E-state index contributed by atoms with van der Waals surface area (Å²) in [6, 6.07) is 34.8. The van der Waals surface area contributed by atoms with Crippen LogP contribution in [0.5, 0.6) is 5.75 Å². The van der Waals surface area contributed by atoms with Crippen molar-refractivity contribution in [2.45, 2.75) is 207 Å². The molecule has 0 saturated heterocycles. The van der Waals surface area contributed by atoms with Gasteiger partial charge in [-0.2, -0.15) is 18.4 Å². The summed E-state index contributed by atoms with van der Waals surface area (Å²) in [4.78, 5) is 8.47. The number of aromatic nitrogens is 2. The first-order valence-electron chi connectivity index (χ1n) is 28.5. The highest BCUT2D eigenvalue weighted by Gasteiger charge is 2.32. The van der Waals surface area contributed by atoms with Crippen molar-refractivity contribution in [1.82, 2.24) is 9.97 Å². The highest BCUT2D eigenvalue weighted by Crippen LogP contribution is 2.34. The number of pyridine rings is 2. The summed E-state index contributed by atoms with van der Waals surface area (Å²) in [5, 5.41) is 10.4. The van der Waals surface area contributed by atoms with E-state index in [4.69, 9.17) is 33.2 Å². The largest absolute Gasteiger partial charge is 0.495 e. The molecule has 0 fully saturated rings. The zero-order chi connectivity index (χ0) is 62.9. The second-order valence-corrected chi connectivity index (χ2v) is 23.9. The van der Waals surface area contributed by atoms with Gasteiger partial charge in [-0.1, -0.05) is 194 Å². The Hall–Kier alpha value is -6.01. The topological polar surface area (TPSA) is 58.8 Å². The summed E-state index contributed by atoms with van der Waals surface area (Å²) in [6.45, 7) is 45.2. The van der Waals surface area contributed by atoms with Crippen molar-refractivity contribution in [3.63, 3.8) is 0 Å². The van der Waals surface area contributed by atoms with Crippen LogP contribution in [-0.4, -0.2) is 17.1 Å². The molecule has 0 radical (unpaired) electrons. The van der Waals surface area contributed by atoms with Crippen LogP contribution in [0.25, 0.3) is 0 Å². The second-order valence-electron chi connectivity index (χ2n) is 23.1. The Bertz CT molecular complexity index is 2770. The van der Waals surface area contributed by atoms with Gasteiger partial charge in [0.1, 0.15) is 17.6 Å². The number of ether oxygens (including phenoxy) is 1. The van der Waals surface area contributed by atoms with Crippen LogP contribution in [0.1, 0.15) is 241 Å². The Morgan fingerprint density at radius 1 is 0.422 bits per heavy atom. The summed E-state index contributed by atoms with van der Waals surface area (Å²) in [6.07, 6.45) is -0.395. The van der Waals surface area contributed by atoms with Gasteiger partial charge in [-0.3, -0.25) is 9.97 Å². The van der Waals surface area contributed by atoms with E-state index in [1.165, 1.54) is 63.6 Å². The summed E-state index contributed by atoms with van der Waals surface area (Å²) in [5.74, 6) is 3.85. The maximum Gasteiger partial charge on any atom is 0.416 e. The lowest BCUT2D eigenvalue weighted by Crippen LogP contribution is -2.08. The van der Waals surface area contributed by atoms with E-state index in [0.29, 0.717) is 46.8 Å². The monoisotopic (exact) mass is 1180 g/mol. The fraction of sp³-hybridized carbons (Fsp3) is 0.438. The highest BCUT2D eigenvalue weighted by atomic mass is 35.5. The average Bonchev–Trinajstić information content (AvgIpc) is 3.40. The van der Waals surface area contributed by atoms with E-state index >= 15 is 0 Å². The second kappa shape index (κ2) is 37.3. The van der Waals surface area contributed by atoms with Gasteiger partial charge in [-0.05, 0) is 206 Å². The smallest absolute Gasteiger partial charge is 0.416 e. The van der Waals surface area contributed by atoms with Crippen molar-refractivity contribution >= 4 is 23.2 Å². The number of methoxy groups -OCH3 is 1. The molecule has 5 aromatic carbocycles. The van der Waals surface area contributed by atoms with Crippen molar-refractivity contribution in [3.8, 4) is 11.8 Å². The van der Waals surface area contributed by atoms with E-state index in [2.05, 4.69) is 156 Å². The van der Waals surface area contributed by atoms with Crippen LogP contribution in [0.4, 0.5) is 17.6 Å². The Balaban J connectivity index is 0.000000945. The Kier molecular flexibility index (Phi) is 34.6. The van der Waals surface area contributed by atoms with Crippen LogP contribution in [0, 0.1) is 72.5 Å². The molecule has 0 aliphatic carbocycles. The van der Waals surface area contributed by atoms with Gasteiger partial charge < -0.3 is 4.74 Å². The lowest BCUT2D eigenvalue weighted by atomic mass is 9.98. The maximum atomic E-state index is 12.9. The van der Waals surface area contributed by atoms with Crippen molar-refractivity contribution < 1.29 is 22.3 Å². The molecule has 0 saturated carbocycles. The Labute approximate surface area is 510 Å². The zero-order valence-electron chi connectivity index (χ0n) is 53.5. The lowest BCUT2D eigenvalue weighted by molar-refractivity contribution is -0.138. The lowest BCUT2D eigenvalue weighted by Gasteiger charge is -2.13. The number of rotatable bonds is 8. The molecule has 0 bridgehead atoms. The van der Waals surface area contributed by atoms with E-state index in [-0.39, 0.29) is 24.7 Å². The third-order valence-electron chi connectivity index (χ3n) is 13.9. The van der Waals surface area contributed by atoms with E-state index in [1.807, 2.05) is 83.4 Å². The van der Waals surface area contributed by atoms with Gasteiger partial charge in [0, 0.05) is 23.1 Å².